The van der Waals surface area contributed by atoms with Gasteiger partial charge < -0.3 is 0 Å². The molecule has 176 valence electrons. The molecule has 0 aliphatic heterocycles. The molecule has 0 spiro atoms. The topological polar surface area (TPSA) is 8.81 Å². The predicted octanol–water partition coefficient (Wildman–Crippen LogP) is 8.96. The van der Waals surface area contributed by atoms with Crippen molar-refractivity contribution in [3.05, 3.63) is 18.2 Å². The number of aryl methyl sites for hydroxylation is 2. The smallest absolute Gasteiger partial charge is 0.234 e. The van der Waals surface area contributed by atoms with Crippen LogP contribution in [0.15, 0.2) is 12.4 Å². The van der Waals surface area contributed by atoms with Gasteiger partial charge >= 0.3 is 0 Å². The van der Waals surface area contributed by atoms with Gasteiger partial charge in [0, 0.05) is 0 Å². The van der Waals surface area contributed by atoms with Gasteiger partial charge in [0.05, 0.1) is 19.0 Å². The van der Waals surface area contributed by atoms with Crippen LogP contribution in [0.3, 0.4) is 0 Å². The van der Waals surface area contributed by atoms with Crippen molar-refractivity contribution < 1.29 is 4.57 Å². The molecule has 0 aromatic carbocycles. The lowest BCUT2D eigenvalue weighted by atomic mass is 10.1. The lowest BCUT2D eigenvalue weighted by Gasteiger charge is -2.08. The summed E-state index contributed by atoms with van der Waals surface area (Å²) in [5, 5.41) is 0. The second-order valence-electron chi connectivity index (χ2n) is 9.85. The van der Waals surface area contributed by atoms with Crippen LogP contribution in [0, 0.1) is 0 Å². The molecule has 0 fully saturated rings. The Balaban J connectivity index is 2.18. The van der Waals surface area contributed by atoms with E-state index in [2.05, 4.69) is 49.2 Å². The Bertz CT molecular complexity index is 489. The van der Waals surface area contributed by atoms with E-state index in [1.807, 2.05) is 0 Å². The number of rotatable bonds is 21. The number of hydrogen-bond donors (Lipinski definition) is 0. The molecular formula is C28H55N2+. The van der Waals surface area contributed by atoms with Crippen LogP contribution in [0.5, 0.6) is 0 Å². The quantitative estimate of drug-likeness (QED) is 0.139. The van der Waals surface area contributed by atoms with Crippen molar-refractivity contribution in [2.45, 2.75) is 162 Å². The molecule has 0 amide bonds. The largest absolute Gasteiger partial charge is 0.258 e. The minimum atomic E-state index is 0.608. The molecular weight excluding hydrogens is 364 g/mol. The van der Waals surface area contributed by atoms with Crippen molar-refractivity contribution in [3.8, 4) is 0 Å². The second-order valence-corrected chi connectivity index (χ2v) is 9.85. The fourth-order valence-electron chi connectivity index (χ4n) is 4.71. The first-order valence-electron chi connectivity index (χ1n) is 13.8. The molecule has 0 N–H and O–H groups in total. The first kappa shape index (κ1) is 27.2. The maximum absolute atomic E-state index is 2.54. The molecule has 0 saturated heterocycles. The normalized spacial score (nSPS) is 11.6. The summed E-state index contributed by atoms with van der Waals surface area (Å²) in [4.78, 5) is 0. The van der Waals surface area contributed by atoms with Gasteiger partial charge in [-0.15, -0.1) is 0 Å². The zero-order valence-electron chi connectivity index (χ0n) is 21.3. The van der Waals surface area contributed by atoms with E-state index in [-0.39, 0.29) is 0 Å². The van der Waals surface area contributed by atoms with Crippen LogP contribution in [-0.4, -0.2) is 4.57 Å². The minimum absolute atomic E-state index is 0.608. The highest BCUT2D eigenvalue weighted by Gasteiger charge is 2.19. The van der Waals surface area contributed by atoms with Gasteiger partial charge in [0.1, 0.15) is 12.4 Å². The molecule has 2 heteroatoms. The highest BCUT2D eigenvalue weighted by atomic mass is 15.1. The first-order valence-corrected chi connectivity index (χ1v) is 13.8. The minimum Gasteiger partial charge on any atom is -0.234 e. The van der Waals surface area contributed by atoms with Gasteiger partial charge in [0.2, 0.25) is 0 Å². The third-order valence-electron chi connectivity index (χ3n) is 6.54. The summed E-state index contributed by atoms with van der Waals surface area (Å²) < 4.78 is 5.08. The van der Waals surface area contributed by atoms with E-state index < -0.39 is 0 Å². The Morgan fingerprint density at radius 2 is 1.07 bits per heavy atom. The van der Waals surface area contributed by atoms with Crippen molar-refractivity contribution in [1.82, 2.24) is 4.57 Å². The molecule has 1 aromatic heterocycles. The maximum atomic E-state index is 2.54. The van der Waals surface area contributed by atoms with E-state index in [0.717, 1.165) is 0 Å². The molecule has 0 unspecified atom stereocenters. The molecule has 0 atom stereocenters. The van der Waals surface area contributed by atoms with E-state index in [1.165, 1.54) is 134 Å². The fourth-order valence-corrected chi connectivity index (χ4v) is 4.71. The fraction of sp³-hybridized carbons (Fsp3) is 0.893. The van der Waals surface area contributed by atoms with Gasteiger partial charge in [-0.05, 0) is 25.7 Å². The summed E-state index contributed by atoms with van der Waals surface area (Å²) in [5.74, 6) is 2.14. The average molecular weight is 420 g/mol. The van der Waals surface area contributed by atoms with E-state index in [0.29, 0.717) is 5.92 Å². The summed E-state index contributed by atoms with van der Waals surface area (Å²) in [6.45, 7) is 11.7. The van der Waals surface area contributed by atoms with Gasteiger partial charge in [-0.2, -0.15) is 0 Å². The van der Waals surface area contributed by atoms with Crippen LogP contribution >= 0.6 is 0 Å². The summed E-state index contributed by atoms with van der Waals surface area (Å²) in [7, 11) is 0. The van der Waals surface area contributed by atoms with E-state index in [1.54, 1.807) is 0 Å². The summed E-state index contributed by atoms with van der Waals surface area (Å²) in [6, 6.07) is 0. The zero-order valence-corrected chi connectivity index (χ0v) is 21.3. The van der Waals surface area contributed by atoms with Gasteiger partial charge in [-0.3, -0.25) is 0 Å². The first-order chi connectivity index (χ1) is 14.7. The van der Waals surface area contributed by atoms with Crippen LogP contribution < -0.4 is 4.57 Å². The van der Waals surface area contributed by atoms with E-state index >= 15 is 0 Å². The Hall–Kier alpha value is -0.790. The molecule has 30 heavy (non-hydrogen) atoms. The SMILES string of the molecule is CCCCCCCCCCCC[n+]1ccn(CCCCCCCCCC)c1C(C)C. The van der Waals surface area contributed by atoms with Crippen LogP contribution in [0.25, 0.3) is 0 Å². The van der Waals surface area contributed by atoms with Gasteiger partial charge in [-0.25, -0.2) is 9.13 Å². The zero-order chi connectivity index (χ0) is 21.9. The summed E-state index contributed by atoms with van der Waals surface area (Å²) in [6.07, 6.45) is 30.1. The number of nitrogens with zero attached hydrogens (tertiary/aromatic N) is 2. The number of aromatic nitrogens is 2. The van der Waals surface area contributed by atoms with Crippen LogP contribution in [0.2, 0.25) is 0 Å². The Morgan fingerprint density at radius 1 is 0.633 bits per heavy atom. The summed E-state index contributed by atoms with van der Waals surface area (Å²) in [5.41, 5.74) is 0. The highest BCUT2D eigenvalue weighted by molar-refractivity contribution is 4.89. The maximum Gasteiger partial charge on any atom is 0.258 e. The summed E-state index contributed by atoms with van der Waals surface area (Å²) >= 11 is 0. The monoisotopic (exact) mass is 419 g/mol. The molecule has 0 saturated carbocycles. The van der Waals surface area contributed by atoms with Crippen molar-refractivity contribution in [3.63, 3.8) is 0 Å². The average Bonchev–Trinajstić information content (AvgIpc) is 3.14. The van der Waals surface area contributed by atoms with Gasteiger partial charge in [-0.1, -0.05) is 118 Å². The predicted molar refractivity (Wildman–Crippen MR) is 133 cm³/mol. The van der Waals surface area contributed by atoms with Crippen LogP contribution in [0.1, 0.15) is 155 Å². The standard InChI is InChI=1S/C28H55N2/c1-5-7-9-11-13-15-16-18-20-22-24-30-26-25-29(28(30)27(3)4)23-21-19-17-14-12-10-8-6-2/h25-27H,5-24H2,1-4H3/q+1. The molecule has 1 heterocycles. The number of unbranched alkanes of at least 4 members (excludes halogenated alkanes) is 16. The van der Waals surface area contributed by atoms with Gasteiger partial charge in [0.25, 0.3) is 5.82 Å². The molecule has 1 aromatic rings. The third kappa shape index (κ3) is 12.8. The van der Waals surface area contributed by atoms with Crippen molar-refractivity contribution in [2.24, 2.45) is 0 Å². The van der Waals surface area contributed by atoms with Crippen LogP contribution in [-0.2, 0) is 13.1 Å². The number of hydrogen-bond acceptors (Lipinski definition) is 0. The van der Waals surface area contributed by atoms with Crippen LogP contribution in [0.4, 0.5) is 0 Å². The van der Waals surface area contributed by atoms with E-state index in [4.69, 9.17) is 0 Å². The number of imidazole rings is 1. The molecule has 1 rings (SSSR count). The molecule has 0 radical (unpaired) electrons. The second kappa shape index (κ2) is 18.9. The van der Waals surface area contributed by atoms with Crippen molar-refractivity contribution in [1.29, 1.82) is 0 Å². The van der Waals surface area contributed by atoms with Gasteiger partial charge in [0.15, 0.2) is 0 Å². The lowest BCUT2D eigenvalue weighted by Crippen LogP contribution is -2.38. The third-order valence-corrected chi connectivity index (χ3v) is 6.54. The lowest BCUT2D eigenvalue weighted by molar-refractivity contribution is -0.705. The molecule has 0 aliphatic carbocycles. The molecule has 0 bridgehead atoms. The Kier molecular flexibility index (Phi) is 17.2. The molecule has 0 aliphatic rings. The Labute approximate surface area is 189 Å². The van der Waals surface area contributed by atoms with Crippen molar-refractivity contribution >= 4 is 0 Å². The van der Waals surface area contributed by atoms with E-state index in [9.17, 15) is 0 Å². The highest BCUT2D eigenvalue weighted by Crippen LogP contribution is 2.15. The van der Waals surface area contributed by atoms with Crippen molar-refractivity contribution in [2.75, 3.05) is 0 Å². The molecule has 2 nitrogen and oxygen atoms in total. The Morgan fingerprint density at radius 3 is 1.53 bits per heavy atom.